The molecule has 0 aliphatic rings. The predicted octanol–water partition coefficient (Wildman–Crippen LogP) is 4.21. The monoisotopic (exact) mass is 382 g/mol. The largest absolute Gasteiger partial charge is 0.271 e. The molecule has 26 heavy (non-hydrogen) atoms. The van der Waals surface area contributed by atoms with Crippen LogP contribution in [-0.2, 0) is 5.75 Å². The van der Waals surface area contributed by atoms with Gasteiger partial charge >= 0.3 is 0 Å². The smallest absolute Gasteiger partial charge is 0.267 e. The van der Waals surface area contributed by atoms with Crippen LogP contribution in [0.2, 0.25) is 0 Å². The van der Waals surface area contributed by atoms with Crippen LogP contribution in [0.25, 0.3) is 0 Å². The fourth-order valence-corrected chi connectivity index (χ4v) is 3.73. The Kier molecular flexibility index (Phi) is 6.14. The lowest BCUT2D eigenvalue weighted by Gasteiger charge is -2.04. The molecule has 0 atom stereocenters. The Bertz CT molecular complexity index is 886. The zero-order valence-corrected chi connectivity index (χ0v) is 16.1. The third kappa shape index (κ3) is 5.24. The van der Waals surface area contributed by atoms with Gasteiger partial charge in [-0.2, -0.15) is 5.10 Å². The Morgan fingerprint density at radius 3 is 2.58 bits per heavy atom. The molecule has 7 heteroatoms. The molecule has 5 nitrogen and oxygen atoms in total. The van der Waals surface area contributed by atoms with E-state index < -0.39 is 0 Å². The van der Waals surface area contributed by atoms with Crippen molar-refractivity contribution in [2.45, 2.75) is 24.8 Å². The maximum atomic E-state index is 12.1. The number of rotatable bonds is 6. The van der Waals surface area contributed by atoms with E-state index in [-0.39, 0.29) is 5.91 Å². The Morgan fingerprint density at radius 1 is 1.19 bits per heavy atom. The van der Waals surface area contributed by atoms with Crippen LogP contribution in [0.5, 0.6) is 0 Å². The Labute approximate surface area is 160 Å². The van der Waals surface area contributed by atoms with E-state index in [4.69, 9.17) is 0 Å². The van der Waals surface area contributed by atoms with Crippen LogP contribution in [0, 0.1) is 13.8 Å². The van der Waals surface area contributed by atoms with Gasteiger partial charge in [-0.15, -0.1) is 11.3 Å². The van der Waals surface area contributed by atoms with E-state index in [2.05, 4.69) is 20.5 Å². The Hall–Kier alpha value is -2.51. The normalized spacial score (nSPS) is 11.0. The lowest BCUT2D eigenvalue weighted by Crippen LogP contribution is -2.17. The van der Waals surface area contributed by atoms with Crippen molar-refractivity contribution in [2.75, 3.05) is 0 Å². The van der Waals surface area contributed by atoms with Gasteiger partial charge in [0, 0.05) is 27.6 Å². The average molecular weight is 383 g/mol. The molecule has 3 aromatic rings. The number of thiophene rings is 1. The topological polar surface area (TPSA) is 67.2 Å². The van der Waals surface area contributed by atoms with Crippen LogP contribution in [0.3, 0.4) is 0 Å². The number of nitrogens with one attached hydrogen (secondary N) is 1. The van der Waals surface area contributed by atoms with Crippen molar-refractivity contribution in [1.82, 2.24) is 15.4 Å². The summed E-state index contributed by atoms with van der Waals surface area (Å²) in [6.07, 6.45) is 1.64. The Morgan fingerprint density at radius 2 is 1.92 bits per heavy atom. The number of thioether (sulfide) groups is 1. The van der Waals surface area contributed by atoms with E-state index in [1.54, 1.807) is 41.4 Å². The summed E-state index contributed by atoms with van der Waals surface area (Å²) in [6, 6.07) is 13.3. The summed E-state index contributed by atoms with van der Waals surface area (Å²) >= 11 is 3.15. The first-order valence-corrected chi connectivity index (χ1v) is 9.87. The standard InChI is InChI=1S/C19H18N4OS2/c1-13-10-14(2)22-19(21-13)26-12-15-5-7-16(8-6-15)18(24)23-20-11-17-4-3-9-25-17/h3-11H,12H2,1-2H3,(H,23,24)/b20-11-. The van der Waals surface area contributed by atoms with Crippen molar-refractivity contribution < 1.29 is 4.79 Å². The van der Waals surface area contributed by atoms with E-state index >= 15 is 0 Å². The van der Waals surface area contributed by atoms with E-state index in [0.29, 0.717) is 5.56 Å². The molecule has 0 fully saturated rings. The average Bonchev–Trinajstić information content (AvgIpc) is 3.13. The molecular formula is C19H18N4OS2. The number of carbonyl (C=O) groups is 1. The second-order valence-electron chi connectivity index (χ2n) is 5.63. The number of hydrogen-bond acceptors (Lipinski definition) is 6. The fourth-order valence-electron chi connectivity index (χ4n) is 2.24. The maximum Gasteiger partial charge on any atom is 0.271 e. The number of aromatic nitrogens is 2. The number of benzene rings is 1. The summed E-state index contributed by atoms with van der Waals surface area (Å²) in [5, 5.41) is 6.70. The molecule has 0 saturated carbocycles. The van der Waals surface area contributed by atoms with Crippen LogP contribution in [-0.4, -0.2) is 22.1 Å². The van der Waals surface area contributed by atoms with Crippen LogP contribution in [0.4, 0.5) is 0 Å². The van der Waals surface area contributed by atoms with Crippen molar-refractivity contribution in [3.05, 3.63) is 75.2 Å². The molecule has 0 spiro atoms. The summed E-state index contributed by atoms with van der Waals surface area (Å²) in [6.45, 7) is 3.93. The minimum absolute atomic E-state index is 0.227. The number of hydrogen-bond donors (Lipinski definition) is 1. The molecule has 1 aromatic carbocycles. The maximum absolute atomic E-state index is 12.1. The highest BCUT2D eigenvalue weighted by atomic mass is 32.2. The highest BCUT2D eigenvalue weighted by molar-refractivity contribution is 7.98. The fraction of sp³-hybridized carbons (Fsp3) is 0.158. The van der Waals surface area contributed by atoms with Gasteiger partial charge in [0.15, 0.2) is 5.16 Å². The van der Waals surface area contributed by atoms with E-state index in [1.165, 1.54) is 0 Å². The first-order valence-electron chi connectivity index (χ1n) is 8.01. The van der Waals surface area contributed by atoms with Crippen LogP contribution in [0.15, 0.2) is 58.1 Å². The molecule has 1 amide bonds. The molecular weight excluding hydrogens is 364 g/mol. The van der Waals surface area contributed by atoms with Crippen molar-refractivity contribution >= 4 is 35.2 Å². The van der Waals surface area contributed by atoms with E-state index in [0.717, 1.165) is 32.7 Å². The van der Waals surface area contributed by atoms with Crippen molar-refractivity contribution in [1.29, 1.82) is 0 Å². The molecule has 0 saturated heterocycles. The van der Waals surface area contributed by atoms with Gasteiger partial charge in [-0.1, -0.05) is 30.0 Å². The minimum atomic E-state index is -0.227. The molecule has 0 aliphatic heterocycles. The van der Waals surface area contributed by atoms with Gasteiger partial charge < -0.3 is 0 Å². The van der Waals surface area contributed by atoms with Gasteiger partial charge in [0.25, 0.3) is 5.91 Å². The molecule has 0 radical (unpaired) electrons. The van der Waals surface area contributed by atoms with Crippen LogP contribution >= 0.6 is 23.1 Å². The molecule has 2 aromatic heterocycles. The van der Waals surface area contributed by atoms with Gasteiger partial charge in [0.2, 0.25) is 0 Å². The van der Waals surface area contributed by atoms with Gasteiger partial charge in [-0.3, -0.25) is 4.79 Å². The number of nitrogens with zero attached hydrogens (tertiary/aromatic N) is 3. The third-order valence-corrected chi connectivity index (χ3v) is 5.17. The summed E-state index contributed by atoms with van der Waals surface area (Å²) in [5.74, 6) is 0.524. The summed E-state index contributed by atoms with van der Waals surface area (Å²) in [5.41, 5.74) is 6.16. The number of carbonyl (C=O) groups excluding carboxylic acids is 1. The predicted molar refractivity (Wildman–Crippen MR) is 107 cm³/mol. The van der Waals surface area contributed by atoms with Crippen molar-refractivity contribution in [3.8, 4) is 0 Å². The van der Waals surface area contributed by atoms with Crippen molar-refractivity contribution in [2.24, 2.45) is 5.10 Å². The highest BCUT2D eigenvalue weighted by Gasteiger charge is 2.05. The van der Waals surface area contributed by atoms with E-state index in [9.17, 15) is 4.79 Å². The first-order chi connectivity index (χ1) is 12.6. The quantitative estimate of drug-likeness (QED) is 0.300. The lowest BCUT2D eigenvalue weighted by atomic mass is 10.1. The highest BCUT2D eigenvalue weighted by Crippen LogP contribution is 2.20. The summed E-state index contributed by atoms with van der Waals surface area (Å²) < 4.78 is 0. The van der Waals surface area contributed by atoms with Gasteiger partial charge in [-0.05, 0) is 49.1 Å². The van der Waals surface area contributed by atoms with E-state index in [1.807, 2.05) is 49.6 Å². The zero-order chi connectivity index (χ0) is 18.4. The van der Waals surface area contributed by atoms with Gasteiger partial charge in [0.05, 0.1) is 6.21 Å². The lowest BCUT2D eigenvalue weighted by molar-refractivity contribution is 0.0955. The molecule has 0 bridgehead atoms. The second kappa shape index (κ2) is 8.73. The zero-order valence-electron chi connectivity index (χ0n) is 14.5. The van der Waals surface area contributed by atoms with Gasteiger partial charge in [0.1, 0.15) is 0 Å². The van der Waals surface area contributed by atoms with Crippen molar-refractivity contribution in [3.63, 3.8) is 0 Å². The van der Waals surface area contributed by atoms with Crippen LogP contribution < -0.4 is 5.43 Å². The number of aryl methyl sites for hydroxylation is 2. The minimum Gasteiger partial charge on any atom is -0.267 e. The molecule has 0 aliphatic carbocycles. The molecule has 1 N–H and O–H groups in total. The van der Waals surface area contributed by atoms with Crippen LogP contribution in [0.1, 0.15) is 32.2 Å². The number of amides is 1. The summed E-state index contributed by atoms with van der Waals surface area (Å²) in [4.78, 5) is 21.9. The Balaban J connectivity index is 1.55. The number of hydrazone groups is 1. The third-order valence-electron chi connectivity index (χ3n) is 3.45. The van der Waals surface area contributed by atoms with Gasteiger partial charge in [-0.25, -0.2) is 15.4 Å². The molecule has 0 unspecified atom stereocenters. The summed E-state index contributed by atoms with van der Waals surface area (Å²) in [7, 11) is 0. The second-order valence-corrected chi connectivity index (χ2v) is 7.56. The first kappa shape index (κ1) is 18.3. The molecule has 2 heterocycles. The SMILES string of the molecule is Cc1cc(C)nc(SCc2ccc(C(=O)N/N=C\c3cccs3)cc2)n1. The molecule has 132 valence electrons. The molecule has 3 rings (SSSR count).